The highest BCUT2D eigenvalue weighted by molar-refractivity contribution is 7.93. The molecule has 108 valence electrons. The number of sulfonamides is 1. The lowest BCUT2D eigenvalue weighted by Crippen LogP contribution is -2.26. The number of hydrogen-bond acceptors (Lipinski definition) is 3. The van der Waals surface area contributed by atoms with E-state index >= 15 is 0 Å². The zero-order valence-electron chi connectivity index (χ0n) is 11.8. The van der Waals surface area contributed by atoms with E-state index in [-0.39, 0.29) is 0 Å². The fourth-order valence-electron chi connectivity index (χ4n) is 2.34. The van der Waals surface area contributed by atoms with E-state index in [0.29, 0.717) is 10.6 Å². The highest BCUT2D eigenvalue weighted by Gasteiger charge is 2.25. The van der Waals surface area contributed by atoms with E-state index in [1.165, 1.54) is 17.5 Å². The second-order valence-corrected chi connectivity index (χ2v) is 6.74. The summed E-state index contributed by atoms with van der Waals surface area (Å²) in [6.07, 6.45) is 4.79. The van der Waals surface area contributed by atoms with Gasteiger partial charge in [-0.25, -0.2) is 8.42 Å². The van der Waals surface area contributed by atoms with Crippen LogP contribution < -0.4 is 4.31 Å². The van der Waals surface area contributed by atoms with Crippen molar-refractivity contribution in [3.63, 3.8) is 0 Å². The Kier molecular flexibility index (Phi) is 3.17. The summed E-state index contributed by atoms with van der Waals surface area (Å²) in [5.74, 6) is 0. The maximum Gasteiger partial charge on any atom is 0.266 e. The van der Waals surface area contributed by atoms with Crippen LogP contribution in [0, 0.1) is 0 Å². The molecule has 6 heteroatoms. The summed E-state index contributed by atoms with van der Waals surface area (Å²) in [6.45, 7) is 0. The quantitative estimate of drug-likeness (QED) is 0.746. The lowest BCUT2D eigenvalue weighted by molar-refractivity contribution is 0.595. The molecule has 0 saturated heterocycles. The number of pyridine rings is 1. The summed E-state index contributed by atoms with van der Waals surface area (Å²) in [5, 5.41) is 0.718. The van der Waals surface area contributed by atoms with Gasteiger partial charge in [-0.1, -0.05) is 18.2 Å². The third-order valence-corrected chi connectivity index (χ3v) is 5.32. The minimum atomic E-state index is -3.63. The van der Waals surface area contributed by atoms with Crippen LogP contribution in [0.4, 0.5) is 5.69 Å². The first-order valence-corrected chi connectivity index (χ1v) is 7.89. The molecular formula is C15H15N3O2S. The molecule has 0 atom stereocenters. The van der Waals surface area contributed by atoms with Gasteiger partial charge in [0, 0.05) is 37.4 Å². The molecule has 0 spiro atoms. The van der Waals surface area contributed by atoms with Gasteiger partial charge in [-0.3, -0.25) is 9.29 Å². The van der Waals surface area contributed by atoms with Crippen molar-refractivity contribution in [2.24, 2.45) is 7.05 Å². The molecule has 0 saturated carbocycles. The van der Waals surface area contributed by atoms with Gasteiger partial charge in [0.1, 0.15) is 4.90 Å². The molecule has 1 aromatic carbocycles. The number of anilines is 1. The van der Waals surface area contributed by atoms with E-state index in [2.05, 4.69) is 4.98 Å². The predicted octanol–water partition coefficient (Wildman–Crippen LogP) is 2.40. The van der Waals surface area contributed by atoms with E-state index in [4.69, 9.17) is 0 Å². The molecule has 0 aliphatic rings. The normalized spacial score (nSPS) is 11.7. The second kappa shape index (κ2) is 4.89. The number of benzene rings is 1. The van der Waals surface area contributed by atoms with Crippen molar-refractivity contribution in [3.8, 4) is 0 Å². The van der Waals surface area contributed by atoms with Crippen LogP contribution in [-0.2, 0) is 17.1 Å². The monoisotopic (exact) mass is 301 g/mol. The average Bonchev–Trinajstić information content (AvgIpc) is 2.86. The number of rotatable bonds is 3. The summed E-state index contributed by atoms with van der Waals surface area (Å²) >= 11 is 0. The van der Waals surface area contributed by atoms with Gasteiger partial charge in [0.25, 0.3) is 10.0 Å². The fraction of sp³-hybridized carbons (Fsp3) is 0.133. The smallest absolute Gasteiger partial charge is 0.266 e. The number of nitrogens with zero attached hydrogens (tertiary/aromatic N) is 3. The number of aryl methyl sites for hydroxylation is 1. The number of aromatic nitrogens is 2. The molecule has 2 heterocycles. The van der Waals surface area contributed by atoms with Crippen LogP contribution in [0.25, 0.3) is 10.9 Å². The average molecular weight is 301 g/mol. The SMILES string of the molecule is CN(c1cccnc1)S(=O)(=O)c1cn(C)c2ccccc12. The molecule has 0 amide bonds. The third kappa shape index (κ3) is 2.17. The fourth-order valence-corrected chi connectivity index (χ4v) is 3.76. The van der Waals surface area contributed by atoms with E-state index in [9.17, 15) is 8.42 Å². The molecule has 0 aliphatic heterocycles. The van der Waals surface area contributed by atoms with Gasteiger partial charge < -0.3 is 4.57 Å². The standard InChI is InChI=1S/C15H15N3O2S/c1-17-11-15(13-7-3-4-8-14(13)17)21(19,20)18(2)12-6-5-9-16-10-12/h3-11H,1-2H3. The Morgan fingerprint density at radius 3 is 2.62 bits per heavy atom. The van der Waals surface area contributed by atoms with Crippen LogP contribution in [0.3, 0.4) is 0 Å². The summed E-state index contributed by atoms with van der Waals surface area (Å²) in [6, 6.07) is 10.9. The van der Waals surface area contributed by atoms with Gasteiger partial charge in [-0.15, -0.1) is 0 Å². The zero-order chi connectivity index (χ0) is 15.0. The van der Waals surface area contributed by atoms with E-state index < -0.39 is 10.0 Å². The number of para-hydroxylation sites is 1. The van der Waals surface area contributed by atoms with Crippen LogP contribution in [0.5, 0.6) is 0 Å². The summed E-state index contributed by atoms with van der Waals surface area (Å²) in [5.41, 5.74) is 1.42. The van der Waals surface area contributed by atoms with Gasteiger partial charge in [0.2, 0.25) is 0 Å². The predicted molar refractivity (Wildman–Crippen MR) is 82.7 cm³/mol. The van der Waals surface area contributed by atoms with Crippen LogP contribution in [0.15, 0.2) is 59.9 Å². The van der Waals surface area contributed by atoms with Gasteiger partial charge in [-0.05, 0) is 18.2 Å². The highest BCUT2D eigenvalue weighted by atomic mass is 32.2. The molecule has 0 aliphatic carbocycles. The first kappa shape index (κ1) is 13.6. The summed E-state index contributed by atoms with van der Waals surface area (Å²) < 4.78 is 28.8. The van der Waals surface area contributed by atoms with E-state index in [1.54, 1.807) is 24.5 Å². The van der Waals surface area contributed by atoms with Gasteiger partial charge in [0.15, 0.2) is 0 Å². The Morgan fingerprint density at radius 2 is 1.90 bits per heavy atom. The van der Waals surface area contributed by atoms with Gasteiger partial charge >= 0.3 is 0 Å². The van der Waals surface area contributed by atoms with Gasteiger partial charge in [0.05, 0.1) is 11.9 Å². The first-order valence-electron chi connectivity index (χ1n) is 6.45. The minimum Gasteiger partial charge on any atom is -0.349 e. The Morgan fingerprint density at radius 1 is 1.14 bits per heavy atom. The largest absolute Gasteiger partial charge is 0.349 e. The van der Waals surface area contributed by atoms with Crippen molar-refractivity contribution < 1.29 is 8.42 Å². The summed E-state index contributed by atoms with van der Waals surface area (Å²) in [7, 11) is -0.251. The molecule has 0 radical (unpaired) electrons. The van der Waals surface area contributed by atoms with Crippen LogP contribution in [-0.4, -0.2) is 25.0 Å². The molecule has 0 fully saturated rings. The lowest BCUT2D eigenvalue weighted by atomic mass is 10.2. The Hall–Kier alpha value is -2.34. The van der Waals surface area contributed by atoms with Crippen molar-refractivity contribution in [1.29, 1.82) is 0 Å². The molecule has 0 unspecified atom stereocenters. The Balaban J connectivity index is 2.17. The van der Waals surface area contributed by atoms with E-state index in [0.717, 1.165) is 10.9 Å². The van der Waals surface area contributed by atoms with Gasteiger partial charge in [-0.2, -0.15) is 0 Å². The molecule has 0 bridgehead atoms. The molecular weight excluding hydrogens is 286 g/mol. The molecule has 2 aromatic heterocycles. The molecule has 0 N–H and O–H groups in total. The Labute approximate surface area is 123 Å². The van der Waals surface area contributed by atoms with Crippen molar-refractivity contribution in [2.45, 2.75) is 4.90 Å². The molecule has 5 nitrogen and oxygen atoms in total. The first-order chi connectivity index (χ1) is 10.0. The van der Waals surface area contributed by atoms with Crippen LogP contribution in [0.2, 0.25) is 0 Å². The van der Waals surface area contributed by atoms with Crippen molar-refractivity contribution in [2.75, 3.05) is 11.4 Å². The maximum absolute atomic E-state index is 12.8. The van der Waals surface area contributed by atoms with Crippen molar-refractivity contribution in [3.05, 3.63) is 55.0 Å². The zero-order valence-corrected chi connectivity index (χ0v) is 12.6. The lowest BCUT2D eigenvalue weighted by Gasteiger charge is -2.18. The van der Waals surface area contributed by atoms with Crippen LogP contribution >= 0.6 is 0 Å². The van der Waals surface area contributed by atoms with E-state index in [1.807, 2.05) is 35.9 Å². The second-order valence-electron chi connectivity index (χ2n) is 4.81. The molecule has 21 heavy (non-hydrogen) atoms. The van der Waals surface area contributed by atoms with Crippen molar-refractivity contribution in [1.82, 2.24) is 9.55 Å². The summed E-state index contributed by atoms with van der Waals surface area (Å²) in [4.78, 5) is 4.27. The minimum absolute atomic E-state index is 0.298. The number of fused-ring (bicyclic) bond motifs is 1. The third-order valence-electron chi connectivity index (χ3n) is 3.51. The topological polar surface area (TPSA) is 55.2 Å². The highest BCUT2D eigenvalue weighted by Crippen LogP contribution is 2.28. The van der Waals surface area contributed by atoms with Crippen LogP contribution in [0.1, 0.15) is 0 Å². The van der Waals surface area contributed by atoms with Crippen molar-refractivity contribution >= 4 is 26.6 Å². The molecule has 3 rings (SSSR count). The molecule has 3 aromatic rings. The number of hydrogen-bond donors (Lipinski definition) is 0. The Bertz CT molecular complexity index is 886. The maximum atomic E-state index is 12.8.